The zero-order valence-corrected chi connectivity index (χ0v) is 13.8. The summed E-state index contributed by atoms with van der Waals surface area (Å²) in [5.74, 6) is -1.07. The standard InChI is InChI=1S/C17H16N2O4S/c1-12(2)16(20)18-14-8-10-15(11-9-14)24(22,23)19-17(21)13-6-4-3-5-7-13/h3-11H,1H2,2H3,(H,18,20)(H,19,21). The summed E-state index contributed by atoms with van der Waals surface area (Å²) in [4.78, 5) is 23.4. The van der Waals surface area contributed by atoms with Gasteiger partial charge < -0.3 is 5.32 Å². The van der Waals surface area contributed by atoms with Gasteiger partial charge in [0.25, 0.3) is 21.8 Å². The maximum Gasteiger partial charge on any atom is 0.264 e. The van der Waals surface area contributed by atoms with Gasteiger partial charge in [0.15, 0.2) is 0 Å². The second kappa shape index (κ2) is 7.10. The molecule has 0 atom stereocenters. The number of hydrogen-bond donors (Lipinski definition) is 2. The molecule has 0 radical (unpaired) electrons. The van der Waals surface area contributed by atoms with Crippen molar-refractivity contribution in [2.75, 3.05) is 5.32 Å². The van der Waals surface area contributed by atoms with Crippen LogP contribution in [-0.2, 0) is 14.8 Å². The predicted molar refractivity (Wildman–Crippen MR) is 91.0 cm³/mol. The summed E-state index contributed by atoms with van der Waals surface area (Å²) in [6, 6.07) is 13.5. The number of hydrogen-bond acceptors (Lipinski definition) is 4. The summed E-state index contributed by atoms with van der Waals surface area (Å²) in [7, 11) is -4.00. The molecule has 0 aliphatic rings. The zero-order chi connectivity index (χ0) is 17.7. The van der Waals surface area contributed by atoms with Crippen molar-refractivity contribution < 1.29 is 18.0 Å². The van der Waals surface area contributed by atoms with Gasteiger partial charge in [-0.15, -0.1) is 0 Å². The molecule has 0 heterocycles. The highest BCUT2D eigenvalue weighted by Crippen LogP contribution is 2.15. The molecular weight excluding hydrogens is 328 g/mol. The van der Waals surface area contributed by atoms with Crippen molar-refractivity contribution in [3.8, 4) is 0 Å². The summed E-state index contributed by atoms with van der Waals surface area (Å²) in [6.07, 6.45) is 0. The van der Waals surface area contributed by atoms with Gasteiger partial charge in [0.1, 0.15) is 0 Å². The van der Waals surface area contributed by atoms with Crippen LogP contribution >= 0.6 is 0 Å². The molecule has 0 saturated heterocycles. The lowest BCUT2D eigenvalue weighted by Crippen LogP contribution is -2.30. The van der Waals surface area contributed by atoms with Gasteiger partial charge in [-0.25, -0.2) is 13.1 Å². The Labute approximate surface area is 140 Å². The third kappa shape index (κ3) is 4.30. The van der Waals surface area contributed by atoms with Crippen LogP contribution in [0, 0.1) is 0 Å². The molecule has 0 bridgehead atoms. The smallest absolute Gasteiger partial charge is 0.264 e. The molecule has 0 saturated carbocycles. The van der Waals surface area contributed by atoms with E-state index in [0.29, 0.717) is 11.3 Å². The number of carbonyl (C=O) groups is 2. The number of amides is 2. The molecule has 6 nitrogen and oxygen atoms in total. The SMILES string of the molecule is C=C(C)C(=O)Nc1ccc(S(=O)(=O)NC(=O)c2ccccc2)cc1. The van der Waals surface area contributed by atoms with E-state index in [1.54, 1.807) is 25.1 Å². The Morgan fingerprint density at radius 1 is 0.958 bits per heavy atom. The van der Waals surface area contributed by atoms with Crippen molar-refractivity contribution in [1.29, 1.82) is 0 Å². The third-order valence-corrected chi connectivity index (χ3v) is 4.42. The topological polar surface area (TPSA) is 92.3 Å². The fourth-order valence-electron chi connectivity index (χ4n) is 1.78. The zero-order valence-electron chi connectivity index (χ0n) is 12.9. The van der Waals surface area contributed by atoms with E-state index in [0.717, 1.165) is 0 Å². The van der Waals surface area contributed by atoms with Gasteiger partial charge in [-0.05, 0) is 43.3 Å². The van der Waals surface area contributed by atoms with E-state index >= 15 is 0 Å². The number of carbonyl (C=O) groups excluding carboxylic acids is 2. The van der Waals surface area contributed by atoms with Crippen molar-refractivity contribution in [3.63, 3.8) is 0 Å². The van der Waals surface area contributed by atoms with Crippen molar-refractivity contribution in [2.24, 2.45) is 0 Å². The van der Waals surface area contributed by atoms with Gasteiger partial charge in [0.2, 0.25) is 0 Å². The summed E-state index contributed by atoms with van der Waals surface area (Å²) < 4.78 is 26.4. The first-order valence-corrected chi connectivity index (χ1v) is 8.47. The number of nitrogens with one attached hydrogen (secondary N) is 2. The van der Waals surface area contributed by atoms with Gasteiger partial charge in [0, 0.05) is 16.8 Å². The van der Waals surface area contributed by atoms with Crippen LogP contribution in [0.5, 0.6) is 0 Å². The van der Waals surface area contributed by atoms with Crippen LogP contribution in [0.25, 0.3) is 0 Å². The second-order valence-corrected chi connectivity index (χ2v) is 6.74. The molecule has 0 spiro atoms. The molecule has 7 heteroatoms. The summed E-state index contributed by atoms with van der Waals surface area (Å²) in [5.41, 5.74) is 1.00. The molecule has 2 amide bonds. The van der Waals surface area contributed by atoms with Crippen molar-refractivity contribution >= 4 is 27.5 Å². The molecule has 2 aromatic carbocycles. The van der Waals surface area contributed by atoms with E-state index < -0.39 is 15.9 Å². The lowest BCUT2D eigenvalue weighted by Gasteiger charge is -2.08. The van der Waals surface area contributed by atoms with Crippen molar-refractivity contribution in [1.82, 2.24) is 4.72 Å². The van der Waals surface area contributed by atoms with E-state index in [1.807, 2.05) is 4.72 Å². The Bertz CT molecular complexity index is 873. The Balaban J connectivity index is 2.13. The molecule has 2 N–H and O–H groups in total. The number of sulfonamides is 1. The van der Waals surface area contributed by atoms with Crippen LogP contribution in [0.2, 0.25) is 0 Å². The minimum atomic E-state index is -4.00. The Kier molecular flexibility index (Phi) is 5.15. The molecule has 0 aromatic heterocycles. The molecule has 0 aliphatic heterocycles. The van der Waals surface area contributed by atoms with E-state index in [1.165, 1.54) is 36.4 Å². The number of benzene rings is 2. The molecule has 2 aromatic rings. The molecule has 0 unspecified atom stereocenters. The van der Waals surface area contributed by atoms with Gasteiger partial charge in [-0.2, -0.15) is 0 Å². The molecule has 24 heavy (non-hydrogen) atoms. The van der Waals surface area contributed by atoms with E-state index in [2.05, 4.69) is 11.9 Å². The first-order valence-electron chi connectivity index (χ1n) is 6.99. The monoisotopic (exact) mass is 344 g/mol. The second-order valence-electron chi connectivity index (χ2n) is 5.06. The minimum Gasteiger partial charge on any atom is -0.322 e. The van der Waals surface area contributed by atoms with E-state index in [-0.39, 0.29) is 16.4 Å². The molecule has 2 rings (SSSR count). The number of anilines is 1. The van der Waals surface area contributed by atoms with Crippen LogP contribution in [0.4, 0.5) is 5.69 Å². The van der Waals surface area contributed by atoms with Gasteiger partial charge in [0.05, 0.1) is 4.90 Å². The van der Waals surface area contributed by atoms with Crippen molar-refractivity contribution in [2.45, 2.75) is 11.8 Å². The maximum atomic E-state index is 12.2. The van der Waals surface area contributed by atoms with E-state index in [9.17, 15) is 18.0 Å². The summed E-state index contributed by atoms with van der Waals surface area (Å²) >= 11 is 0. The normalized spacial score (nSPS) is 10.7. The molecule has 0 aliphatic carbocycles. The average molecular weight is 344 g/mol. The van der Waals surface area contributed by atoms with Crippen molar-refractivity contribution in [3.05, 3.63) is 72.3 Å². The Morgan fingerprint density at radius 3 is 2.08 bits per heavy atom. The van der Waals surface area contributed by atoms with Crippen LogP contribution in [-0.4, -0.2) is 20.2 Å². The van der Waals surface area contributed by atoms with E-state index in [4.69, 9.17) is 0 Å². The van der Waals surface area contributed by atoms with Crippen LogP contribution < -0.4 is 10.0 Å². The summed E-state index contributed by atoms with van der Waals surface area (Å²) in [6.45, 7) is 5.08. The average Bonchev–Trinajstić information content (AvgIpc) is 2.55. The Morgan fingerprint density at radius 2 is 1.54 bits per heavy atom. The molecular formula is C17H16N2O4S. The van der Waals surface area contributed by atoms with Crippen LogP contribution in [0.15, 0.2) is 71.6 Å². The fourth-order valence-corrected chi connectivity index (χ4v) is 2.76. The highest BCUT2D eigenvalue weighted by molar-refractivity contribution is 7.90. The quantitative estimate of drug-likeness (QED) is 0.814. The highest BCUT2D eigenvalue weighted by atomic mass is 32.2. The molecule has 124 valence electrons. The van der Waals surface area contributed by atoms with Crippen LogP contribution in [0.3, 0.4) is 0 Å². The Hall–Kier alpha value is -2.93. The maximum absolute atomic E-state index is 12.2. The number of rotatable bonds is 5. The summed E-state index contributed by atoms with van der Waals surface area (Å²) in [5, 5.41) is 2.57. The third-order valence-electron chi connectivity index (χ3n) is 3.07. The van der Waals surface area contributed by atoms with Gasteiger partial charge in [-0.1, -0.05) is 24.8 Å². The lowest BCUT2D eigenvalue weighted by atomic mass is 10.2. The predicted octanol–water partition coefficient (Wildman–Crippen LogP) is 2.32. The van der Waals surface area contributed by atoms with Crippen LogP contribution in [0.1, 0.15) is 17.3 Å². The van der Waals surface area contributed by atoms with Gasteiger partial charge >= 0.3 is 0 Å². The highest BCUT2D eigenvalue weighted by Gasteiger charge is 2.18. The molecule has 0 fully saturated rings. The minimum absolute atomic E-state index is 0.0832. The first kappa shape index (κ1) is 17.4. The first-order chi connectivity index (χ1) is 11.3. The lowest BCUT2D eigenvalue weighted by molar-refractivity contribution is -0.112. The largest absolute Gasteiger partial charge is 0.322 e. The fraction of sp³-hybridized carbons (Fsp3) is 0.0588. The van der Waals surface area contributed by atoms with Gasteiger partial charge in [-0.3, -0.25) is 9.59 Å².